The van der Waals surface area contributed by atoms with Gasteiger partial charge >= 0.3 is 0 Å². The molecule has 18 heavy (non-hydrogen) atoms. The molecule has 90 valence electrons. The van der Waals surface area contributed by atoms with E-state index in [0.29, 0.717) is 12.5 Å². The molecular formula is C16H14O2. The maximum absolute atomic E-state index is 6.07. The molecule has 2 aromatic rings. The second-order valence-electron chi connectivity index (χ2n) is 4.92. The number of rotatable bonds is 0. The molecule has 0 spiro atoms. The fraction of sp³-hybridized carbons (Fsp3) is 0.250. The summed E-state index contributed by atoms with van der Waals surface area (Å²) >= 11 is 0. The number of benzene rings is 2. The maximum atomic E-state index is 6.07. The Labute approximate surface area is 106 Å². The van der Waals surface area contributed by atoms with Crippen molar-refractivity contribution in [2.24, 2.45) is 0 Å². The minimum absolute atomic E-state index is 0.148. The molecule has 0 saturated heterocycles. The molecule has 0 bridgehead atoms. The lowest BCUT2D eigenvalue weighted by Gasteiger charge is -2.37. The van der Waals surface area contributed by atoms with Crippen LogP contribution < -0.4 is 9.47 Å². The Morgan fingerprint density at radius 1 is 0.889 bits per heavy atom. The molecule has 2 heterocycles. The molecule has 0 aromatic heterocycles. The van der Waals surface area contributed by atoms with Crippen LogP contribution in [-0.2, 0) is 6.42 Å². The third kappa shape index (κ3) is 1.42. The molecule has 2 aliphatic rings. The van der Waals surface area contributed by atoms with E-state index in [-0.39, 0.29) is 6.10 Å². The topological polar surface area (TPSA) is 18.5 Å². The second-order valence-corrected chi connectivity index (χ2v) is 4.92. The van der Waals surface area contributed by atoms with Gasteiger partial charge < -0.3 is 9.47 Å². The molecule has 0 aliphatic carbocycles. The zero-order valence-electron chi connectivity index (χ0n) is 10.0. The fourth-order valence-electron chi connectivity index (χ4n) is 2.95. The lowest BCUT2D eigenvalue weighted by molar-refractivity contribution is 0.0735. The molecule has 0 amide bonds. The van der Waals surface area contributed by atoms with Crippen LogP contribution in [0.1, 0.15) is 17.0 Å². The van der Waals surface area contributed by atoms with E-state index in [0.717, 1.165) is 17.9 Å². The summed E-state index contributed by atoms with van der Waals surface area (Å²) in [5.41, 5.74) is 2.58. The molecule has 0 saturated carbocycles. The molecule has 2 nitrogen and oxygen atoms in total. The first-order valence-corrected chi connectivity index (χ1v) is 6.38. The Kier molecular flexibility index (Phi) is 2.10. The van der Waals surface area contributed by atoms with Gasteiger partial charge in [0.15, 0.2) is 0 Å². The predicted molar refractivity (Wildman–Crippen MR) is 69.2 cm³/mol. The highest BCUT2D eigenvalue weighted by Crippen LogP contribution is 2.42. The lowest BCUT2D eigenvalue weighted by Crippen LogP contribution is -2.39. The molecule has 0 unspecified atom stereocenters. The van der Waals surface area contributed by atoms with E-state index < -0.39 is 0 Å². The summed E-state index contributed by atoms with van der Waals surface area (Å²) in [6.07, 6.45) is 1.19. The van der Waals surface area contributed by atoms with Crippen LogP contribution >= 0.6 is 0 Å². The fourth-order valence-corrected chi connectivity index (χ4v) is 2.95. The van der Waals surface area contributed by atoms with Crippen molar-refractivity contribution >= 4 is 0 Å². The third-order valence-electron chi connectivity index (χ3n) is 3.86. The quantitative estimate of drug-likeness (QED) is 0.702. The lowest BCUT2D eigenvalue weighted by atomic mass is 9.83. The van der Waals surface area contributed by atoms with Crippen molar-refractivity contribution in [3.05, 3.63) is 59.7 Å². The van der Waals surface area contributed by atoms with Gasteiger partial charge in [-0.25, -0.2) is 0 Å². The average molecular weight is 238 g/mol. The first-order chi connectivity index (χ1) is 8.92. The molecule has 0 N–H and O–H groups in total. The summed E-state index contributed by atoms with van der Waals surface area (Å²) in [6.45, 7) is 0.649. The van der Waals surface area contributed by atoms with Crippen LogP contribution in [0.5, 0.6) is 11.5 Å². The van der Waals surface area contributed by atoms with Gasteiger partial charge in [0.2, 0.25) is 0 Å². The van der Waals surface area contributed by atoms with Crippen molar-refractivity contribution in [1.82, 2.24) is 0 Å². The van der Waals surface area contributed by atoms with Crippen LogP contribution in [0.15, 0.2) is 48.5 Å². The summed E-state index contributed by atoms with van der Waals surface area (Å²) in [6, 6.07) is 16.6. The average Bonchev–Trinajstić information content (AvgIpc) is 2.45. The Hall–Kier alpha value is -1.96. The molecule has 2 heteroatoms. The molecule has 2 atom stereocenters. The summed E-state index contributed by atoms with van der Waals surface area (Å²) < 4.78 is 11.9. The number of hydrogen-bond donors (Lipinski definition) is 0. The van der Waals surface area contributed by atoms with Gasteiger partial charge in [0.25, 0.3) is 0 Å². The highest BCUT2D eigenvalue weighted by Gasteiger charge is 2.36. The van der Waals surface area contributed by atoms with E-state index >= 15 is 0 Å². The van der Waals surface area contributed by atoms with E-state index in [1.54, 1.807) is 0 Å². The Morgan fingerprint density at radius 3 is 2.61 bits per heavy atom. The SMILES string of the molecule is c1ccc2c(c1)C[C@H]1c3ccccc3OC[C@H]1O2. The van der Waals surface area contributed by atoms with E-state index in [2.05, 4.69) is 24.3 Å². The number of para-hydroxylation sites is 2. The van der Waals surface area contributed by atoms with Crippen LogP contribution in [0, 0.1) is 0 Å². The van der Waals surface area contributed by atoms with Gasteiger partial charge in [0.05, 0.1) is 0 Å². The summed E-state index contributed by atoms with van der Waals surface area (Å²) in [4.78, 5) is 0. The van der Waals surface area contributed by atoms with Crippen LogP contribution in [0.25, 0.3) is 0 Å². The van der Waals surface area contributed by atoms with Crippen molar-refractivity contribution in [2.45, 2.75) is 18.4 Å². The summed E-state index contributed by atoms with van der Waals surface area (Å²) in [5, 5.41) is 0. The van der Waals surface area contributed by atoms with Crippen molar-refractivity contribution in [1.29, 1.82) is 0 Å². The van der Waals surface area contributed by atoms with Crippen molar-refractivity contribution in [2.75, 3.05) is 6.61 Å². The molecule has 4 rings (SSSR count). The minimum atomic E-state index is 0.148. The normalized spacial score (nSPS) is 24.0. The highest BCUT2D eigenvalue weighted by molar-refractivity contribution is 5.44. The van der Waals surface area contributed by atoms with Crippen LogP contribution in [-0.4, -0.2) is 12.7 Å². The Bertz CT molecular complexity index is 591. The number of ether oxygens (including phenoxy) is 2. The monoisotopic (exact) mass is 238 g/mol. The molecular weight excluding hydrogens is 224 g/mol. The predicted octanol–water partition coefficient (Wildman–Crippen LogP) is 3.17. The highest BCUT2D eigenvalue weighted by atomic mass is 16.5. The molecule has 0 fully saturated rings. The van der Waals surface area contributed by atoms with Crippen molar-refractivity contribution in [3.8, 4) is 11.5 Å². The van der Waals surface area contributed by atoms with Crippen molar-refractivity contribution < 1.29 is 9.47 Å². The second kappa shape index (κ2) is 3.77. The first kappa shape index (κ1) is 10.0. The van der Waals surface area contributed by atoms with Crippen molar-refractivity contribution in [3.63, 3.8) is 0 Å². The van der Waals surface area contributed by atoms with Gasteiger partial charge in [-0.1, -0.05) is 36.4 Å². The smallest absolute Gasteiger partial charge is 0.140 e. The number of fused-ring (bicyclic) bond motifs is 4. The van der Waals surface area contributed by atoms with E-state index in [4.69, 9.17) is 9.47 Å². The van der Waals surface area contributed by atoms with Gasteiger partial charge in [-0.2, -0.15) is 0 Å². The van der Waals surface area contributed by atoms with Gasteiger partial charge in [-0.15, -0.1) is 0 Å². The summed E-state index contributed by atoms with van der Waals surface area (Å²) in [7, 11) is 0. The first-order valence-electron chi connectivity index (χ1n) is 6.38. The molecule has 2 aromatic carbocycles. The van der Waals surface area contributed by atoms with Gasteiger partial charge in [0.1, 0.15) is 24.2 Å². The van der Waals surface area contributed by atoms with Crippen LogP contribution in [0.2, 0.25) is 0 Å². The molecule has 2 aliphatic heterocycles. The Morgan fingerprint density at radius 2 is 1.67 bits per heavy atom. The minimum Gasteiger partial charge on any atom is -0.489 e. The third-order valence-corrected chi connectivity index (χ3v) is 3.86. The van der Waals surface area contributed by atoms with E-state index in [1.807, 2.05) is 24.3 Å². The largest absolute Gasteiger partial charge is 0.489 e. The van der Waals surface area contributed by atoms with Gasteiger partial charge in [-0.05, 0) is 24.1 Å². The summed E-state index contributed by atoms with van der Waals surface area (Å²) in [5.74, 6) is 2.45. The maximum Gasteiger partial charge on any atom is 0.140 e. The zero-order chi connectivity index (χ0) is 11.9. The number of hydrogen-bond acceptors (Lipinski definition) is 2. The molecule has 0 radical (unpaired) electrons. The zero-order valence-corrected chi connectivity index (χ0v) is 10.0. The van der Waals surface area contributed by atoms with Gasteiger partial charge in [-0.3, -0.25) is 0 Å². The van der Waals surface area contributed by atoms with E-state index in [9.17, 15) is 0 Å². The Balaban J connectivity index is 1.79. The van der Waals surface area contributed by atoms with E-state index in [1.165, 1.54) is 11.1 Å². The van der Waals surface area contributed by atoms with Crippen LogP contribution in [0.3, 0.4) is 0 Å². The standard InChI is InChI=1S/C16H14O2/c1-3-7-14-11(5-1)9-13-12-6-2-4-8-15(12)17-10-16(13)18-14/h1-8,13,16H,9-10H2/t13-,16+/m0/s1. The van der Waals surface area contributed by atoms with Gasteiger partial charge in [0, 0.05) is 11.5 Å². The van der Waals surface area contributed by atoms with Crippen LogP contribution in [0.4, 0.5) is 0 Å².